The number of rotatable bonds is 7. The molecule has 0 radical (unpaired) electrons. The topological polar surface area (TPSA) is 102 Å². The van der Waals surface area contributed by atoms with Gasteiger partial charge < -0.3 is 14.8 Å². The number of carbonyl (C=O) groups is 2. The van der Waals surface area contributed by atoms with Gasteiger partial charge in [0.25, 0.3) is 5.91 Å². The summed E-state index contributed by atoms with van der Waals surface area (Å²) in [6.45, 7) is 3.61. The molecule has 2 atom stereocenters. The molecule has 2 unspecified atom stereocenters. The average Bonchev–Trinajstić information content (AvgIpc) is 2.77. The van der Waals surface area contributed by atoms with Gasteiger partial charge in [-0.15, -0.1) is 11.8 Å². The Bertz CT molecular complexity index is 1080. The number of nitrogens with zero attached hydrogens (tertiary/aromatic N) is 1. The number of anilines is 1. The maximum absolute atomic E-state index is 13.0. The molecule has 0 saturated carbocycles. The number of benzene rings is 2. The molecule has 1 N–H and O–H groups in total. The van der Waals surface area contributed by atoms with E-state index >= 15 is 0 Å². The number of amides is 1. The Morgan fingerprint density at radius 1 is 1.12 bits per heavy atom. The summed E-state index contributed by atoms with van der Waals surface area (Å²) in [5.74, 6) is -1.27. The van der Waals surface area contributed by atoms with Crippen molar-refractivity contribution in [3.05, 3.63) is 54.1 Å². The van der Waals surface area contributed by atoms with Crippen molar-refractivity contribution in [3.63, 3.8) is 0 Å². The van der Waals surface area contributed by atoms with Gasteiger partial charge in [-0.2, -0.15) is 4.31 Å². The van der Waals surface area contributed by atoms with Crippen LogP contribution in [0.2, 0.25) is 0 Å². The average molecular weight is 479 g/mol. The third kappa shape index (κ3) is 6.10. The highest BCUT2D eigenvalue weighted by atomic mass is 32.2. The molecule has 8 nitrogen and oxygen atoms in total. The Kier molecular flexibility index (Phi) is 7.94. The summed E-state index contributed by atoms with van der Waals surface area (Å²) in [6.07, 6.45) is 1.48. The monoisotopic (exact) mass is 478 g/mol. The molecule has 0 bridgehead atoms. The second kappa shape index (κ2) is 10.5. The largest absolute Gasteiger partial charge is 0.452 e. The molecule has 1 fully saturated rings. The van der Waals surface area contributed by atoms with E-state index in [9.17, 15) is 18.0 Å². The molecule has 3 rings (SSSR count). The molecule has 2 aromatic rings. The molecule has 1 amide bonds. The molecule has 0 aliphatic carbocycles. The van der Waals surface area contributed by atoms with Crippen molar-refractivity contribution < 1.29 is 27.5 Å². The molecule has 2 aromatic carbocycles. The van der Waals surface area contributed by atoms with E-state index in [1.165, 1.54) is 28.6 Å². The van der Waals surface area contributed by atoms with E-state index < -0.39 is 28.5 Å². The van der Waals surface area contributed by atoms with Gasteiger partial charge in [-0.3, -0.25) is 4.79 Å². The van der Waals surface area contributed by atoms with Crippen molar-refractivity contribution in [2.24, 2.45) is 0 Å². The van der Waals surface area contributed by atoms with Crippen LogP contribution in [0.25, 0.3) is 0 Å². The summed E-state index contributed by atoms with van der Waals surface area (Å²) in [6, 6.07) is 12.9. The van der Waals surface area contributed by atoms with Gasteiger partial charge in [0.1, 0.15) is 0 Å². The van der Waals surface area contributed by atoms with E-state index in [0.29, 0.717) is 5.69 Å². The molecule has 1 aliphatic heterocycles. The van der Waals surface area contributed by atoms with Crippen LogP contribution in [0.1, 0.15) is 24.2 Å². The molecule has 172 valence electrons. The lowest BCUT2D eigenvalue weighted by atomic mass is 10.2. The van der Waals surface area contributed by atoms with Crippen LogP contribution in [0.5, 0.6) is 0 Å². The van der Waals surface area contributed by atoms with Gasteiger partial charge in [0, 0.05) is 23.7 Å². The standard InChI is InChI=1S/C22H26N2O6S2/c1-15-12-24(13-16(2)30-15)32(27,28)20-9-4-6-17(10-20)22(26)29-14-21(25)23-18-7-5-8-19(11-18)31-3/h4-11,15-16H,12-14H2,1-3H3,(H,23,25). The molecule has 1 aliphatic rings. The number of carbonyl (C=O) groups excluding carboxylic acids is 2. The number of sulfonamides is 1. The van der Waals surface area contributed by atoms with Crippen molar-refractivity contribution in [3.8, 4) is 0 Å². The van der Waals surface area contributed by atoms with Gasteiger partial charge in [-0.25, -0.2) is 13.2 Å². The van der Waals surface area contributed by atoms with Crippen LogP contribution in [0.15, 0.2) is 58.3 Å². The van der Waals surface area contributed by atoms with Crippen molar-refractivity contribution in [2.45, 2.75) is 35.8 Å². The van der Waals surface area contributed by atoms with Crippen molar-refractivity contribution >= 4 is 39.3 Å². The van der Waals surface area contributed by atoms with E-state index in [1.54, 1.807) is 17.8 Å². The number of esters is 1. The van der Waals surface area contributed by atoms with Gasteiger partial charge in [-0.1, -0.05) is 12.1 Å². The summed E-state index contributed by atoms with van der Waals surface area (Å²) in [7, 11) is -3.80. The summed E-state index contributed by atoms with van der Waals surface area (Å²) in [4.78, 5) is 25.5. The van der Waals surface area contributed by atoms with Crippen LogP contribution in [0.3, 0.4) is 0 Å². The van der Waals surface area contributed by atoms with E-state index in [2.05, 4.69) is 5.32 Å². The van der Waals surface area contributed by atoms with Crippen LogP contribution < -0.4 is 5.32 Å². The number of nitrogens with one attached hydrogen (secondary N) is 1. The van der Waals surface area contributed by atoms with E-state index in [-0.39, 0.29) is 35.8 Å². The van der Waals surface area contributed by atoms with Crippen LogP contribution in [-0.4, -0.2) is 62.8 Å². The van der Waals surface area contributed by atoms with Crippen LogP contribution in [-0.2, 0) is 24.3 Å². The number of hydrogen-bond acceptors (Lipinski definition) is 7. The molecule has 1 saturated heterocycles. The van der Waals surface area contributed by atoms with Crippen LogP contribution in [0, 0.1) is 0 Å². The maximum atomic E-state index is 13.0. The number of thioether (sulfide) groups is 1. The van der Waals surface area contributed by atoms with Crippen molar-refractivity contribution in [1.82, 2.24) is 4.31 Å². The minimum atomic E-state index is -3.80. The Morgan fingerprint density at radius 3 is 2.50 bits per heavy atom. The van der Waals surface area contributed by atoms with Gasteiger partial charge in [-0.05, 0) is 56.5 Å². The third-order valence-corrected chi connectivity index (χ3v) is 7.33. The SMILES string of the molecule is CSc1cccc(NC(=O)COC(=O)c2cccc(S(=O)(=O)N3CC(C)OC(C)C3)c2)c1. The maximum Gasteiger partial charge on any atom is 0.338 e. The van der Waals surface area contributed by atoms with Crippen molar-refractivity contribution in [2.75, 3.05) is 31.3 Å². The quantitative estimate of drug-likeness (QED) is 0.482. The predicted molar refractivity (Wildman–Crippen MR) is 122 cm³/mol. The number of hydrogen-bond donors (Lipinski definition) is 1. The van der Waals surface area contributed by atoms with E-state index in [4.69, 9.17) is 9.47 Å². The summed E-state index contributed by atoms with van der Waals surface area (Å²) >= 11 is 1.54. The third-order valence-electron chi connectivity index (χ3n) is 4.78. The Morgan fingerprint density at radius 2 is 1.81 bits per heavy atom. The fraction of sp³-hybridized carbons (Fsp3) is 0.364. The summed E-state index contributed by atoms with van der Waals surface area (Å²) in [5, 5.41) is 2.67. The van der Waals surface area contributed by atoms with E-state index in [0.717, 1.165) is 4.90 Å². The van der Waals surface area contributed by atoms with Crippen LogP contribution in [0.4, 0.5) is 5.69 Å². The van der Waals surface area contributed by atoms with Gasteiger partial charge in [0.2, 0.25) is 10.0 Å². The van der Waals surface area contributed by atoms with E-state index in [1.807, 2.05) is 38.3 Å². The first-order valence-electron chi connectivity index (χ1n) is 10.1. The zero-order valence-electron chi connectivity index (χ0n) is 18.1. The molecular formula is C22H26N2O6S2. The Balaban J connectivity index is 1.64. The molecule has 0 aromatic heterocycles. The lowest BCUT2D eigenvalue weighted by molar-refractivity contribution is -0.119. The molecule has 0 spiro atoms. The highest BCUT2D eigenvalue weighted by Gasteiger charge is 2.32. The zero-order chi connectivity index (χ0) is 23.3. The number of ether oxygens (including phenoxy) is 2. The first-order chi connectivity index (χ1) is 15.2. The lowest BCUT2D eigenvalue weighted by Crippen LogP contribution is -2.48. The predicted octanol–water partition coefficient (Wildman–Crippen LogP) is 3.00. The minimum absolute atomic E-state index is 0.00779. The highest BCUT2D eigenvalue weighted by Crippen LogP contribution is 2.22. The lowest BCUT2D eigenvalue weighted by Gasteiger charge is -2.34. The molecular weight excluding hydrogens is 452 g/mol. The smallest absolute Gasteiger partial charge is 0.338 e. The fourth-order valence-corrected chi connectivity index (χ4v) is 5.47. The Hall–Kier alpha value is -2.40. The van der Waals surface area contributed by atoms with Gasteiger partial charge >= 0.3 is 5.97 Å². The van der Waals surface area contributed by atoms with Crippen molar-refractivity contribution in [1.29, 1.82) is 0 Å². The van der Waals surface area contributed by atoms with Gasteiger partial charge in [0.05, 0.1) is 22.7 Å². The second-order valence-corrected chi connectivity index (χ2v) is 10.3. The molecule has 10 heteroatoms. The minimum Gasteiger partial charge on any atom is -0.452 e. The fourth-order valence-electron chi connectivity index (χ4n) is 3.37. The summed E-state index contributed by atoms with van der Waals surface area (Å²) < 4.78 is 38.1. The van der Waals surface area contributed by atoms with Gasteiger partial charge in [0.15, 0.2) is 6.61 Å². The first-order valence-corrected chi connectivity index (χ1v) is 12.7. The molecule has 32 heavy (non-hydrogen) atoms. The molecule has 1 heterocycles. The summed E-state index contributed by atoms with van der Waals surface area (Å²) in [5.41, 5.74) is 0.651. The van der Waals surface area contributed by atoms with Crippen LogP contribution >= 0.6 is 11.8 Å². The Labute approximate surface area is 192 Å². The first kappa shape index (κ1) is 24.2. The number of morpholine rings is 1. The highest BCUT2D eigenvalue weighted by molar-refractivity contribution is 7.98. The normalized spacial score (nSPS) is 19.3. The second-order valence-electron chi connectivity index (χ2n) is 7.46. The zero-order valence-corrected chi connectivity index (χ0v) is 19.7.